The van der Waals surface area contributed by atoms with Gasteiger partial charge in [0.2, 0.25) is 30.1 Å². The zero-order chi connectivity index (χ0) is 32.7. The van der Waals surface area contributed by atoms with E-state index in [4.69, 9.17) is 0 Å². The average molecular weight is 772 g/mol. The summed E-state index contributed by atoms with van der Waals surface area (Å²) in [5, 5.41) is 0. The maximum absolute atomic E-state index is 13.6. The average Bonchev–Trinajstić information content (AvgIpc) is 3.01. The van der Waals surface area contributed by atoms with Gasteiger partial charge < -0.3 is 0 Å². The van der Waals surface area contributed by atoms with E-state index >= 15 is 0 Å². The van der Waals surface area contributed by atoms with Crippen molar-refractivity contribution >= 4 is 30.1 Å². The van der Waals surface area contributed by atoms with Crippen LogP contribution >= 0.6 is 0 Å². The fourth-order valence-corrected chi connectivity index (χ4v) is 8.10. The molecule has 0 radical (unpaired) electrons. The fourth-order valence-electron chi connectivity index (χ4n) is 4.26. The number of nitrogens with zero attached hydrogens (tertiary/aromatic N) is 3. The maximum atomic E-state index is 13.6. The van der Waals surface area contributed by atoms with Crippen LogP contribution in [0.3, 0.4) is 0 Å². The van der Waals surface area contributed by atoms with Crippen molar-refractivity contribution in [2.45, 2.75) is 35.5 Å². The van der Waals surface area contributed by atoms with Crippen molar-refractivity contribution in [2.24, 2.45) is 0 Å². The van der Waals surface area contributed by atoms with Crippen LogP contribution in [0.15, 0.2) is 99.6 Å². The van der Waals surface area contributed by atoms with Crippen LogP contribution in [0.4, 0.5) is 0 Å². The third-order valence-corrected chi connectivity index (χ3v) is 12.5. The van der Waals surface area contributed by atoms with Crippen molar-refractivity contribution in [3.63, 3.8) is 0 Å². The second-order valence-electron chi connectivity index (χ2n) is 10.5. The number of aryl methyl sites for hydroxylation is 3. The molecule has 1 aliphatic rings. The van der Waals surface area contributed by atoms with E-state index in [9.17, 15) is 25.3 Å². The maximum Gasteiger partial charge on any atom is 0.244 e. The van der Waals surface area contributed by atoms with Crippen LogP contribution in [0.25, 0.3) is 0 Å². The van der Waals surface area contributed by atoms with E-state index in [1.807, 2.05) is 20.8 Å². The summed E-state index contributed by atoms with van der Waals surface area (Å²) < 4.78 is 84.7. The molecule has 0 N–H and O–H groups in total. The van der Waals surface area contributed by atoms with Gasteiger partial charge >= 0.3 is 0 Å². The largest absolute Gasteiger partial charge is 0.244 e. The molecule has 1 aliphatic heterocycles. The Hall–Kier alpha value is -3.09. The third-order valence-electron chi connectivity index (χ3n) is 7.03. The van der Waals surface area contributed by atoms with Crippen LogP contribution in [0, 0.1) is 44.5 Å². The standard InChI is InChI=1S/C33H35N3O6S3.Pd/c1-28-10-16-31(17-11-28)43(37,38)34-22-4-6-24-35(44(39,40)32-18-12-29(2)13-19-32)26-8-9-27-36(25-7-5-23-34)45(41,42)33-20-14-30(3)15-21-33;/h4,6,10-21H,22-27H2,1-3H3;/b6-4+;. The molecule has 0 unspecified atom stereocenters. The molecule has 246 valence electrons. The van der Waals surface area contributed by atoms with E-state index in [2.05, 4.69) is 23.7 Å². The summed E-state index contributed by atoms with van der Waals surface area (Å²) in [6.07, 6.45) is 3.15. The topological polar surface area (TPSA) is 112 Å². The molecule has 0 spiro atoms. The van der Waals surface area contributed by atoms with Gasteiger partial charge in [0.1, 0.15) is 0 Å². The van der Waals surface area contributed by atoms with Crippen molar-refractivity contribution in [3.8, 4) is 23.7 Å². The Morgan fingerprint density at radius 1 is 0.435 bits per heavy atom. The monoisotopic (exact) mass is 771 g/mol. The minimum atomic E-state index is -4.02. The Balaban J connectivity index is 0.00000576. The molecule has 4 rings (SSSR count). The number of hydrogen-bond donors (Lipinski definition) is 0. The zero-order valence-electron chi connectivity index (χ0n) is 25.7. The van der Waals surface area contributed by atoms with Crippen molar-refractivity contribution in [2.75, 3.05) is 39.3 Å². The molecular formula is C33H35N3O6PdS3. The molecule has 9 nitrogen and oxygen atoms in total. The molecule has 3 aromatic rings. The van der Waals surface area contributed by atoms with E-state index in [0.29, 0.717) is 0 Å². The van der Waals surface area contributed by atoms with E-state index in [0.717, 1.165) is 29.6 Å². The van der Waals surface area contributed by atoms with Crippen molar-refractivity contribution in [3.05, 3.63) is 102 Å². The summed E-state index contributed by atoms with van der Waals surface area (Å²) in [4.78, 5) is 0.231. The number of sulfonamides is 3. The minimum Gasteiger partial charge on any atom is -0.207 e. The van der Waals surface area contributed by atoms with E-state index in [-0.39, 0.29) is 74.4 Å². The van der Waals surface area contributed by atoms with Gasteiger partial charge in [0.15, 0.2) is 0 Å². The van der Waals surface area contributed by atoms with Crippen LogP contribution < -0.4 is 0 Å². The first-order valence-electron chi connectivity index (χ1n) is 14.1. The summed E-state index contributed by atoms with van der Waals surface area (Å²) in [6, 6.07) is 19.2. The first-order valence-corrected chi connectivity index (χ1v) is 18.4. The Kier molecular flexibility index (Phi) is 13.1. The van der Waals surface area contributed by atoms with Gasteiger partial charge in [-0.2, -0.15) is 12.9 Å². The first-order chi connectivity index (χ1) is 21.3. The second kappa shape index (κ2) is 16.1. The van der Waals surface area contributed by atoms with Gasteiger partial charge in [-0.1, -0.05) is 88.9 Å². The molecule has 0 atom stereocenters. The number of benzene rings is 3. The van der Waals surface area contributed by atoms with E-state index < -0.39 is 30.1 Å². The number of rotatable bonds is 6. The van der Waals surface area contributed by atoms with Gasteiger partial charge in [-0.3, -0.25) is 0 Å². The predicted molar refractivity (Wildman–Crippen MR) is 175 cm³/mol. The molecule has 0 amide bonds. The minimum absolute atomic E-state index is 0. The molecule has 46 heavy (non-hydrogen) atoms. The molecule has 0 saturated carbocycles. The van der Waals surface area contributed by atoms with Crippen LogP contribution in [0.5, 0.6) is 0 Å². The molecule has 3 aromatic carbocycles. The third kappa shape index (κ3) is 9.26. The summed E-state index contributed by atoms with van der Waals surface area (Å²) >= 11 is 0. The van der Waals surface area contributed by atoms with Gasteiger partial charge in [0.05, 0.1) is 40.9 Å². The summed E-state index contributed by atoms with van der Waals surface area (Å²) in [5.41, 5.74) is 2.69. The smallest absolute Gasteiger partial charge is 0.207 e. The van der Waals surface area contributed by atoms with Gasteiger partial charge in [-0.25, -0.2) is 25.3 Å². The molecule has 0 saturated heterocycles. The van der Waals surface area contributed by atoms with Crippen LogP contribution in [0.1, 0.15) is 16.7 Å². The van der Waals surface area contributed by atoms with Crippen molar-refractivity contribution in [1.82, 2.24) is 12.9 Å². The zero-order valence-corrected chi connectivity index (χ0v) is 29.7. The van der Waals surface area contributed by atoms with Crippen LogP contribution in [0.2, 0.25) is 0 Å². The van der Waals surface area contributed by atoms with Gasteiger partial charge in [-0.05, 0) is 57.2 Å². The van der Waals surface area contributed by atoms with E-state index in [1.165, 1.54) is 36.4 Å². The summed E-state index contributed by atoms with van der Waals surface area (Å²) in [7, 11) is -12.0. The summed E-state index contributed by atoms with van der Waals surface area (Å²) in [5.74, 6) is 11.2. The van der Waals surface area contributed by atoms with Gasteiger partial charge in [0.25, 0.3) is 0 Å². The summed E-state index contributed by atoms with van der Waals surface area (Å²) in [6.45, 7) is 4.47. The predicted octanol–water partition coefficient (Wildman–Crippen LogP) is 3.56. The normalized spacial score (nSPS) is 16.8. The number of hydrogen-bond acceptors (Lipinski definition) is 6. The van der Waals surface area contributed by atoms with Crippen molar-refractivity contribution in [1.29, 1.82) is 0 Å². The first kappa shape index (κ1) is 37.4. The Bertz CT molecular complexity index is 1880. The van der Waals surface area contributed by atoms with Crippen LogP contribution in [-0.2, 0) is 50.5 Å². The Morgan fingerprint density at radius 3 is 0.957 bits per heavy atom. The molecule has 13 heteroatoms. The molecule has 0 bridgehead atoms. The quantitative estimate of drug-likeness (QED) is 0.216. The van der Waals surface area contributed by atoms with Crippen LogP contribution in [-0.4, -0.2) is 77.4 Å². The molecule has 0 fully saturated rings. The molecular weight excluding hydrogens is 737 g/mol. The fraction of sp³-hybridized carbons (Fsp3) is 0.273. The molecule has 0 aromatic heterocycles. The van der Waals surface area contributed by atoms with Gasteiger partial charge in [-0.15, -0.1) is 0 Å². The van der Waals surface area contributed by atoms with E-state index in [1.54, 1.807) is 48.6 Å². The molecule has 0 aliphatic carbocycles. The van der Waals surface area contributed by atoms with Gasteiger partial charge in [0, 0.05) is 33.5 Å². The molecule has 1 heterocycles. The van der Waals surface area contributed by atoms with Crippen molar-refractivity contribution < 1.29 is 45.7 Å². The Labute approximate surface area is 287 Å². The SMILES string of the molecule is Cc1ccc(S(=O)(=O)N2CC#CCN(S(=O)(=O)c3ccc(C)cc3)C/C=C/CN(S(=O)(=O)c3ccc(C)cc3)CC#CC2)cc1.[Pd]. The second-order valence-corrected chi connectivity index (χ2v) is 16.3. The Morgan fingerprint density at radius 2 is 0.674 bits per heavy atom.